The van der Waals surface area contributed by atoms with E-state index in [1.54, 1.807) is 0 Å². The first-order chi connectivity index (χ1) is 7.36. The van der Waals surface area contributed by atoms with Gasteiger partial charge in [-0.05, 0) is 0 Å². The summed E-state index contributed by atoms with van der Waals surface area (Å²) in [7, 11) is 1.93. The Kier molecular flexibility index (Phi) is 3.60. The minimum atomic E-state index is 0.197. The molecule has 1 nitrogen and oxygen atoms in total. The lowest BCUT2D eigenvalue weighted by molar-refractivity contribution is 0.107. The lowest BCUT2D eigenvalue weighted by atomic mass is 9.55. The van der Waals surface area contributed by atoms with Crippen LogP contribution in [-0.2, 0) is 0 Å². The first kappa shape index (κ1) is 10.5. The van der Waals surface area contributed by atoms with E-state index < -0.39 is 0 Å². The lowest BCUT2D eigenvalue weighted by Gasteiger charge is -2.19. The normalized spacial score (nSPS) is 17.3. The summed E-state index contributed by atoms with van der Waals surface area (Å²) in [5, 5.41) is 0. The van der Waals surface area contributed by atoms with Crippen molar-refractivity contribution in [2.24, 2.45) is 0 Å². The van der Waals surface area contributed by atoms with Crippen LogP contribution in [0.4, 0.5) is 0 Å². The van der Waals surface area contributed by atoms with Crippen LogP contribution in [0, 0.1) is 0 Å². The van der Waals surface area contributed by atoms with Crippen LogP contribution in [0.3, 0.4) is 0 Å². The van der Waals surface area contributed by atoms with Crippen molar-refractivity contribution < 1.29 is 4.79 Å². The monoisotopic (exact) mass is 199 g/mol. The quantitative estimate of drug-likeness (QED) is 0.682. The van der Waals surface area contributed by atoms with Gasteiger partial charge in [0.25, 0.3) is 0 Å². The SMILES string of the molecule is O=C([B]C1CCCCC1)c1ccccc1. The van der Waals surface area contributed by atoms with Crippen LogP contribution < -0.4 is 0 Å². The van der Waals surface area contributed by atoms with Gasteiger partial charge in [-0.2, -0.15) is 0 Å². The Balaban J connectivity index is 1.91. The van der Waals surface area contributed by atoms with Gasteiger partial charge in [-0.25, -0.2) is 0 Å². The number of rotatable bonds is 3. The Bertz CT molecular complexity index is 315. The molecule has 2 heteroatoms. The third kappa shape index (κ3) is 2.95. The molecular weight excluding hydrogens is 183 g/mol. The van der Waals surface area contributed by atoms with Crippen molar-refractivity contribution >= 4 is 13.0 Å². The fourth-order valence-corrected chi connectivity index (χ4v) is 2.21. The maximum Gasteiger partial charge on any atom is 0.212 e. The predicted molar refractivity (Wildman–Crippen MR) is 63.4 cm³/mol. The molecular formula is C13H16BO. The summed E-state index contributed by atoms with van der Waals surface area (Å²) in [5.41, 5.74) is 1.02. The molecule has 15 heavy (non-hydrogen) atoms. The van der Waals surface area contributed by atoms with Gasteiger partial charge in [-0.3, -0.25) is 0 Å². The summed E-state index contributed by atoms with van der Waals surface area (Å²) >= 11 is 0. The van der Waals surface area contributed by atoms with E-state index in [2.05, 4.69) is 0 Å². The Labute approximate surface area is 92.1 Å². The van der Waals surface area contributed by atoms with Crippen LogP contribution in [0.5, 0.6) is 0 Å². The second-order valence-electron chi connectivity index (χ2n) is 4.30. The molecule has 1 fully saturated rings. The number of hydrogen-bond acceptors (Lipinski definition) is 1. The Morgan fingerprint density at radius 3 is 2.40 bits per heavy atom. The van der Waals surface area contributed by atoms with Crippen LogP contribution >= 0.6 is 0 Å². The average Bonchev–Trinajstić information content (AvgIpc) is 2.31. The minimum absolute atomic E-state index is 0.197. The molecule has 0 aromatic heterocycles. The smallest absolute Gasteiger partial charge is 0.212 e. The summed E-state index contributed by atoms with van der Waals surface area (Å²) in [5.74, 6) is 0.520. The van der Waals surface area contributed by atoms with Gasteiger partial charge in [0.1, 0.15) is 5.68 Å². The van der Waals surface area contributed by atoms with Crippen LogP contribution in [0.2, 0.25) is 5.82 Å². The molecule has 0 amide bonds. The molecule has 0 bridgehead atoms. The van der Waals surface area contributed by atoms with Gasteiger partial charge < -0.3 is 4.79 Å². The van der Waals surface area contributed by atoms with Gasteiger partial charge in [0.2, 0.25) is 7.28 Å². The molecule has 1 saturated carbocycles. The molecule has 1 aliphatic carbocycles. The standard InChI is InChI=1S/C13H16BO/c15-13(11-7-3-1-4-8-11)14-12-9-5-2-6-10-12/h1,3-4,7-8,12H,2,5-6,9-10H2. The molecule has 0 heterocycles. The second kappa shape index (κ2) is 5.15. The van der Waals surface area contributed by atoms with E-state index in [1.165, 1.54) is 32.1 Å². The van der Waals surface area contributed by atoms with Crippen molar-refractivity contribution in [1.29, 1.82) is 0 Å². The zero-order valence-electron chi connectivity index (χ0n) is 8.99. The predicted octanol–water partition coefficient (Wildman–Crippen LogP) is 3.28. The molecule has 0 atom stereocenters. The summed E-state index contributed by atoms with van der Waals surface area (Å²) in [6, 6.07) is 9.56. The van der Waals surface area contributed by atoms with Gasteiger partial charge in [-0.15, -0.1) is 0 Å². The van der Waals surface area contributed by atoms with E-state index in [4.69, 9.17) is 0 Å². The lowest BCUT2D eigenvalue weighted by Crippen LogP contribution is -2.17. The fraction of sp³-hybridized carbons (Fsp3) is 0.462. The molecule has 1 aromatic carbocycles. The van der Waals surface area contributed by atoms with Crippen molar-refractivity contribution in [2.75, 3.05) is 0 Å². The minimum Gasteiger partial charge on any atom is -0.307 e. The van der Waals surface area contributed by atoms with Crippen LogP contribution in [0.1, 0.15) is 42.5 Å². The molecule has 0 N–H and O–H groups in total. The molecule has 0 spiro atoms. The number of hydrogen-bond donors (Lipinski definition) is 0. The summed E-state index contributed by atoms with van der Waals surface area (Å²) in [4.78, 5) is 11.9. The van der Waals surface area contributed by atoms with E-state index in [0.29, 0.717) is 5.82 Å². The number of carbonyl (C=O) groups is 1. The molecule has 0 unspecified atom stereocenters. The van der Waals surface area contributed by atoms with E-state index in [9.17, 15) is 4.79 Å². The summed E-state index contributed by atoms with van der Waals surface area (Å²) < 4.78 is 0. The molecule has 77 valence electrons. The van der Waals surface area contributed by atoms with Crippen molar-refractivity contribution in [3.63, 3.8) is 0 Å². The van der Waals surface area contributed by atoms with E-state index >= 15 is 0 Å². The van der Waals surface area contributed by atoms with E-state index in [1.807, 2.05) is 37.6 Å². The van der Waals surface area contributed by atoms with Gasteiger partial charge in [0, 0.05) is 5.56 Å². The highest BCUT2D eigenvalue weighted by Gasteiger charge is 2.19. The van der Waals surface area contributed by atoms with Gasteiger partial charge in [0.15, 0.2) is 0 Å². The maximum absolute atomic E-state index is 11.9. The van der Waals surface area contributed by atoms with Crippen molar-refractivity contribution in [3.05, 3.63) is 35.9 Å². The molecule has 1 aliphatic rings. The molecule has 1 radical (unpaired) electrons. The topological polar surface area (TPSA) is 17.1 Å². The second-order valence-corrected chi connectivity index (χ2v) is 4.30. The highest BCUT2D eigenvalue weighted by Crippen LogP contribution is 2.28. The number of benzene rings is 1. The van der Waals surface area contributed by atoms with Gasteiger partial charge in [-0.1, -0.05) is 68.3 Å². The third-order valence-corrected chi connectivity index (χ3v) is 3.10. The fourth-order valence-electron chi connectivity index (χ4n) is 2.21. The zero-order chi connectivity index (χ0) is 10.5. The first-order valence-corrected chi connectivity index (χ1v) is 5.80. The van der Waals surface area contributed by atoms with Crippen molar-refractivity contribution in [2.45, 2.75) is 37.9 Å². The Morgan fingerprint density at radius 2 is 1.73 bits per heavy atom. The van der Waals surface area contributed by atoms with Gasteiger partial charge >= 0.3 is 0 Å². The van der Waals surface area contributed by atoms with E-state index in [-0.39, 0.29) is 5.68 Å². The summed E-state index contributed by atoms with van der Waals surface area (Å²) in [6.45, 7) is 0. The van der Waals surface area contributed by atoms with Crippen LogP contribution in [-0.4, -0.2) is 13.0 Å². The zero-order valence-corrected chi connectivity index (χ0v) is 8.99. The number of carbonyl (C=O) groups excluding carboxylic acids is 1. The highest BCUT2D eigenvalue weighted by atomic mass is 16.1. The van der Waals surface area contributed by atoms with Gasteiger partial charge in [0.05, 0.1) is 0 Å². The molecule has 0 aliphatic heterocycles. The van der Waals surface area contributed by atoms with Crippen molar-refractivity contribution in [3.8, 4) is 0 Å². The maximum atomic E-state index is 11.9. The average molecular weight is 199 g/mol. The Hall–Kier alpha value is -1.05. The molecule has 1 aromatic rings. The Morgan fingerprint density at radius 1 is 1.07 bits per heavy atom. The van der Waals surface area contributed by atoms with Crippen LogP contribution in [0.25, 0.3) is 0 Å². The van der Waals surface area contributed by atoms with E-state index in [0.717, 1.165) is 5.56 Å². The first-order valence-electron chi connectivity index (χ1n) is 5.80. The molecule has 0 saturated heterocycles. The van der Waals surface area contributed by atoms with Crippen molar-refractivity contribution in [1.82, 2.24) is 0 Å². The van der Waals surface area contributed by atoms with Crippen LogP contribution in [0.15, 0.2) is 30.3 Å². The molecule has 2 rings (SSSR count). The summed E-state index contributed by atoms with van der Waals surface area (Å²) in [6.07, 6.45) is 6.29. The third-order valence-electron chi connectivity index (χ3n) is 3.10. The largest absolute Gasteiger partial charge is 0.307 e. The highest BCUT2D eigenvalue weighted by molar-refractivity contribution is 6.78.